The van der Waals surface area contributed by atoms with E-state index in [1.54, 1.807) is 28.8 Å². The number of benzene rings is 2. The zero-order valence-corrected chi connectivity index (χ0v) is 19.6. The Hall–Kier alpha value is -4.31. The summed E-state index contributed by atoms with van der Waals surface area (Å²) >= 11 is 0. The first-order valence-electron chi connectivity index (χ1n) is 11.6. The second-order valence-electron chi connectivity index (χ2n) is 8.98. The number of carbonyl (C=O) groups excluding carboxylic acids is 2. The summed E-state index contributed by atoms with van der Waals surface area (Å²) < 4.78 is 14.0. The highest BCUT2D eigenvalue weighted by Crippen LogP contribution is 2.25. The number of hydrogen-bond donors (Lipinski definition) is 3. The minimum atomic E-state index is -0.621. The third-order valence-corrected chi connectivity index (χ3v) is 6.40. The molecule has 2 aliphatic heterocycles. The fraction of sp³-hybridized carbons (Fsp3) is 0.231. The summed E-state index contributed by atoms with van der Waals surface area (Å²) in [6.07, 6.45) is 3.79. The second-order valence-corrected chi connectivity index (χ2v) is 8.98. The van der Waals surface area contributed by atoms with Gasteiger partial charge in [-0.2, -0.15) is 5.10 Å². The zero-order chi connectivity index (χ0) is 25.2. The molecule has 3 N–H and O–H groups in total. The van der Waals surface area contributed by atoms with Crippen molar-refractivity contribution < 1.29 is 19.2 Å². The lowest BCUT2D eigenvalue weighted by Crippen LogP contribution is -2.36. The lowest BCUT2D eigenvalue weighted by atomic mass is 9.93. The van der Waals surface area contributed by atoms with E-state index in [0.29, 0.717) is 24.3 Å². The molecule has 184 valence electrons. The Kier molecular flexibility index (Phi) is 6.34. The highest BCUT2D eigenvalue weighted by Gasteiger charge is 2.28. The fourth-order valence-electron chi connectivity index (χ4n) is 4.42. The summed E-state index contributed by atoms with van der Waals surface area (Å²) in [6, 6.07) is 13.4. The molecule has 0 saturated heterocycles. The smallest absolute Gasteiger partial charge is 0.316 e. The van der Waals surface area contributed by atoms with Gasteiger partial charge in [0.2, 0.25) is 5.91 Å². The normalized spacial score (nSPS) is 17.0. The number of halogens is 1. The number of pyridine rings is 1. The van der Waals surface area contributed by atoms with Gasteiger partial charge in [-0.3, -0.25) is 20.5 Å². The number of carbonyl (C=O) groups is 2. The molecule has 36 heavy (non-hydrogen) atoms. The van der Waals surface area contributed by atoms with Gasteiger partial charge in [0.25, 0.3) is 0 Å². The van der Waals surface area contributed by atoms with Gasteiger partial charge in [0, 0.05) is 43.5 Å². The van der Waals surface area contributed by atoms with Crippen LogP contribution in [-0.2, 0) is 24.4 Å². The molecule has 0 radical (unpaired) electrons. The van der Waals surface area contributed by atoms with Gasteiger partial charge in [-0.25, -0.2) is 14.2 Å². The zero-order valence-electron chi connectivity index (χ0n) is 19.6. The molecule has 0 saturated carbocycles. The van der Waals surface area contributed by atoms with Crippen LogP contribution in [0.25, 0.3) is 0 Å². The van der Waals surface area contributed by atoms with E-state index in [9.17, 15) is 14.0 Å². The lowest BCUT2D eigenvalue weighted by molar-refractivity contribution is -0.133. The van der Waals surface area contributed by atoms with Crippen molar-refractivity contribution in [1.29, 1.82) is 0 Å². The number of amides is 3. The maximum atomic E-state index is 14.0. The summed E-state index contributed by atoms with van der Waals surface area (Å²) in [6.45, 7) is 3.11. The summed E-state index contributed by atoms with van der Waals surface area (Å²) in [5.74, 6) is -0.866. The van der Waals surface area contributed by atoms with Crippen molar-refractivity contribution in [3.8, 4) is 0 Å². The molecule has 1 atom stereocenters. The van der Waals surface area contributed by atoms with Crippen LogP contribution in [0, 0.1) is 11.7 Å². The number of nitrogens with one attached hydrogen (secondary N) is 2. The van der Waals surface area contributed by atoms with Gasteiger partial charge in [-0.05, 0) is 52.6 Å². The van der Waals surface area contributed by atoms with Crippen LogP contribution in [-0.4, -0.2) is 37.8 Å². The molecular weight excluding hydrogens is 463 g/mol. The third-order valence-electron chi connectivity index (χ3n) is 6.40. The highest BCUT2D eigenvalue weighted by atomic mass is 19.1. The van der Waals surface area contributed by atoms with Gasteiger partial charge >= 0.3 is 6.03 Å². The first kappa shape index (κ1) is 23.4. The van der Waals surface area contributed by atoms with Crippen molar-refractivity contribution in [2.24, 2.45) is 11.0 Å². The van der Waals surface area contributed by atoms with Crippen molar-refractivity contribution in [2.75, 3.05) is 10.8 Å². The van der Waals surface area contributed by atoms with Gasteiger partial charge in [0.05, 0.1) is 17.9 Å². The van der Waals surface area contributed by atoms with Crippen LogP contribution < -0.4 is 10.8 Å². The molecule has 1 aromatic heterocycles. The van der Waals surface area contributed by atoms with E-state index < -0.39 is 5.82 Å². The molecule has 9 nitrogen and oxygen atoms in total. The minimum absolute atomic E-state index is 0.0417. The van der Waals surface area contributed by atoms with Crippen LogP contribution in [0.15, 0.2) is 66.0 Å². The van der Waals surface area contributed by atoms with E-state index in [-0.39, 0.29) is 36.5 Å². The molecule has 0 aliphatic carbocycles. The highest BCUT2D eigenvalue weighted by molar-refractivity contribution is 6.06. The molecule has 3 heterocycles. The summed E-state index contributed by atoms with van der Waals surface area (Å²) in [7, 11) is 0. The number of nitrogens with zero attached hydrogens (tertiary/aromatic N) is 4. The van der Waals surface area contributed by atoms with Crippen molar-refractivity contribution >= 4 is 29.0 Å². The Bertz CT molecular complexity index is 1320. The lowest BCUT2D eigenvalue weighted by Gasteiger charge is -2.28. The Morgan fingerprint density at radius 3 is 2.64 bits per heavy atom. The summed E-state index contributed by atoms with van der Waals surface area (Å²) in [4.78, 5) is 31.2. The molecule has 5 rings (SSSR count). The summed E-state index contributed by atoms with van der Waals surface area (Å²) in [5, 5.41) is 17.8. The Morgan fingerprint density at radius 1 is 1.14 bits per heavy atom. The van der Waals surface area contributed by atoms with Crippen LogP contribution in [0.5, 0.6) is 0 Å². The number of aromatic nitrogens is 1. The first-order chi connectivity index (χ1) is 17.4. The van der Waals surface area contributed by atoms with Crippen LogP contribution >= 0.6 is 0 Å². The van der Waals surface area contributed by atoms with Crippen LogP contribution in [0.4, 0.5) is 20.6 Å². The molecule has 0 spiro atoms. The molecular formula is C26H25FN6O3. The molecule has 0 bridgehead atoms. The maximum absolute atomic E-state index is 14.0. The molecule has 1 unspecified atom stereocenters. The van der Waals surface area contributed by atoms with E-state index in [0.717, 1.165) is 22.4 Å². The largest absolute Gasteiger partial charge is 0.322 e. The Balaban J connectivity index is 1.28. The van der Waals surface area contributed by atoms with E-state index in [1.807, 2.05) is 37.3 Å². The van der Waals surface area contributed by atoms with Crippen LogP contribution in [0.3, 0.4) is 0 Å². The van der Waals surface area contributed by atoms with Crippen molar-refractivity contribution in [3.05, 3.63) is 89.0 Å². The van der Waals surface area contributed by atoms with Crippen LogP contribution in [0.1, 0.15) is 35.6 Å². The van der Waals surface area contributed by atoms with Gasteiger partial charge in [0.1, 0.15) is 5.82 Å². The number of hydrogen-bond acceptors (Lipinski definition) is 6. The quantitative estimate of drug-likeness (QED) is 0.463. The Labute approximate surface area is 207 Å². The van der Waals surface area contributed by atoms with Gasteiger partial charge < -0.3 is 10.2 Å². The number of anilines is 2. The number of hydrazone groups is 1. The molecule has 10 heteroatoms. The average molecular weight is 489 g/mol. The standard InChI is InChI=1S/C26H25FN6O3/c1-16-10-24(34)33(13-17-2-7-23(31-36)22(27)11-17)30-25(16)18-3-5-21(6-4-18)29-26(35)32-14-19-8-9-28-12-20(19)15-32/h2-9,11-12,16,31,36H,10,13-15H2,1H3,(H,29,35). The van der Waals surface area contributed by atoms with Crippen molar-refractivity contribution in [3.63, 3.8) is 0 Å². The predicted molar refractivity (Wildman–Crippen MR) is 132 cm³/mol. The topological polar surface area (TPSA) is 110 Å². The van der Waals surface area contributed by atoms with E-state index in [1.165, 1.54) is 17.1 Å². The molecule has 0 fully saturated rings. The molecule has 3 aromatic rings. The average Bonchev–Trinajstić information content (AvgIpc) is 3.31. The number of urea groups is 1. The van der Waals surface area contributed by atoms with E-state index >= 15 is 0 Å². The van der Waals surface area contributed by atoms with E-state index in [4.69, 9.17) is 5.21 Å². The second kappa shape index (κ2) is 9.74. The Morgan fingerprint density at radius 2 is 1.92 bits per heavy atom. The number of rotatable bonds is 5. The van der Waals surface area contributed by atoms with Crippen LogP contribution in [0.2, 0.25) is 0 Å². The van der Waals surface area contributed by atoms with Gasteiger partial charge in [0.15, 0.2) is 0 Å². The molecule has 3 amide bonds. The van der Waals surface area contributed by atoms with Gasteiger partial charge in [-0.1, -0.05) is 25.1 Å². The maximum Gasteiger partial charge on any atom is 0.322 e. The van der Waals surface area contributed by atoms with E-state index in [2.05, 4.69) is 15.4 Å². The SMILES string of the molecule is CC1CC(=O)N(Cc2ccc(NO)c(F)c2)N=C1c1ccc(NC(=O)N2Cc3ccncc3C2)cc1. The fourth-order valence-corrected chi connectivity index (χ4v) is 4.42. The minimum Gasteiger partial charge on any atom is -0.316 e. The van der Waals surface area contributed by atoms with Gasteiger partial charge in [-0.15, -0.1) is 0 Å². The van der Waals surface area contributed by atoms with Crippen molar-refractivity contribution in [1.82, 2.24) is 14.9 Å². The molecule has 2 aromatic carbocycles. The monoisotopic (exact) mass is 488 g/mol. The third kappa shape index (κ3) is 4.76. The van der Waals surface area contributed by atoms with Crippen molar-refractivity contribution in [2.45, 2.75) is 33.0 Å². The molecule has 2 aliphatic rings. The number of fused-ring (bicyclic) bond motifs is 1. The first-order valence-corrected chi connectivity index (χ1v) is 11.6. The predicted octanol–water partition coefficient (Wildman–Crippen LogP) is 4.34. The summed E-state index contributed by atoms with van der Waals surface area (Å²) in [5.41, 5.74) is 6.68.